The Kier molecular flexibility index (Phi) is 9.46. The van der Waals surface area contributed by atoms with Crippen molar-refractivity contribution in [3.05, 3.63) is 127 Å². The standard InChI is InChI=1S/C40H42N6O5/c1-3-19-42-24-33(38(49)29-15-16-29)32-12-8-11-30(37(32)42)23-43-25-35-45(34(39(43)50)21-27-13-17-31(47)18-14-27)36(48)26-44(20-4-2)46(35)40(51)41-22-28-9-6-5-7-10-28/h3-14,17-18,24,29,34-35,47H,1-2,15-16,19-23,25-26H2,(H,41,51). The first-order chi connectivity index (χ1) is 24.8. The van der Waals surface area contributed by atoms with E-state index in [-0.39, 0.29) is 68.4 Å². The molecule has 2 N–H and O–H groups in total. The number of para-hydroxylation sites is 1. The number of urea groups is 1. The third-order valence-electron chi connectivity index (χ3n) is 9.91. The number of carbonyl (C=O) groups is 4. The van der Waals surface area contributed by atoms with Crippen LogP contribution in [0.5, 0.6) is 5.75 Å². The van der Waals surface area contributed by atoms with E-state index in [1.165, 1.54) is 0 Å². The second-order valence-corrected chi connectivity index (χ2v) is 13.4. The summed E-state index contributed by atoms with van der Waals surface area (Å²) in [4.78, 5) is 59.3. The maximum absolute atomic E-state index is 14.6. The monoisotopic (exact) mass is 686 g/mol. The van der Waals surface area contributed by atoms with Crippen LogP contribution in [0.15, 0.2) is 104 Å². The Labute approximate surface area is 297 Å². The quantitative estimate of drug-likeness (QED) is 0.162. The van der Waals surface area contributed by atoms with Crippen molar-refractivity contribution < 1.29 is 24.3 Å². The third kappa shape index (κ3) is 6.77. The van der Waals surface area contributed by atoms with E-state index >= 15 is 0 Å². The predicted molar refractivity (Wildman–Crippen MR) is 193 cm³/mol. The van der Waals surface area contributed by atoms with E-state index in [9.17, 15) is 24.3 Å². The number of ketones is 1. The van der Waals surface area contributed by atoms with Gasteiger partial charge in [-0.05, 0) is 41.7 Å². The van der Waals surface area contributed by atoms with Crippen LogP contribution in [0, 0.1) is 5.92 Å². The zero-order chi connectivity index (χ0) is 35.6. The molecular weight excluding hydrogens is 644 g/mol. The van der Waals surface area contributed by atoms with Crippen LogP contribution in [0.25, 0.3) is 10.9 Å². The Morgan fingerprint density at radius 1 is 0.902 bits per heavy atom. The van der Waals surface area contributed by atoms with E-state index in [2.05, 4.69) is 18.5 Å². The third-order valence-corrected chi connectivity index (χ3v) is 9.91. The van der Waals surface area contributed by atoms with Crippen LogP contribution >= 0.6 is 0 Å². The van der Waals surface area contributed by atoms with E-state index in [1.807, 2.05) is 59.3 Å². The van der Waals surface area contributed by atoms with Crippen molar-refractivity contribution in [3.8, 4) is 5.75 Å². The van der Waals surface area contributed by atoms with Gasteiger partial charge in [0.05, 0.1) is 18.6 Å². The molecule has 11 heteroatoms. The van der Waals surface area contributed by atoms with Crippen molar-refractivity contribution in [2.45, 2.75) is 51.1 Å². The van der Waals surface area contributed by atoms with Gasteiger partial charge in [0.2, 0.25) is 11.8 Å². The first kappa shape index (κ1) is 33.8. The molecule has 2 atom stereocenters. The van der Waals surface area contributed by atoms with E-state index in [4.69, 9.17) is 0 Å². The van der Waals surface area contributed by atoms with Gasteiger partial charge in [-0.15, -0.1) is 13.2 Å². The second kappa shape index (κ2) is 14.3. The second-order valence-electron chi connectivity index (χ2n) is 13.4. The Balaban J connectivity index is 1.27. The van der Waals surface area contributed by atoms with E-state index in [0.717, 1.165) is 40.4 Å². The minimum Gasteiger partial charge on any atom is -0.508 e. The normalized spacial score (nSPS) is 19.3. The summed E-state index contributed by atoms with van der Waals surface area (Å²) in [7, 11) is 0. The first-order valence-electron chi connectivity index (χ1n) is 17.4. The van der Waals surface area contributed by atoms with E-state index in [1.54, 1.807) is 56.2 Å². The molecule has 11 nitrogen and oxygen atoms in total. The summed E-state index contributed by atoms with van der Waals surface area (Å²) in [5.41, 5.74) is 4.07. The summed E-state index contributed by atoms with van der Waals surface area (Å²) in [6.07, 6.45) is 6.50. The number of hydrazine groups is 1. The molecule has 0 radical (unpaired) electrons. The Morgan fingerprint density at radius 2 is 1.65 bits per heavy atom. The predicted octanol–water partition coefficient (Wildman–Crippen LogP) is 4.86. The number of phenols is 1. The minimum atomic E-state index is -0.915. The lowest BCUT2D eigenvalue weighted by Crippen LogP contribution is -2.76. The van der Waals surface area contributed by atoms with Crippen LogP contribution in [0.1, 0.15) is 39.9 Å². The van der Waals surface area contributed by atoms with Crippen LogP contribution < -0.4 is 5.32 Å². The molecule has 1 aromatic heterocycles. The Morgan fingerprint density at radius 3 is 2.35 bits per heavy atom. The fourth-order valence-electron chi connectivity index (χ4n) is 7.37. The van der Waals surface area contributed by atoms with Crippen LogP contribution in [0.3, 0.4) is 0 Å². The summed E-state index contributed by atoms with van der Waals surface area (Å²) < 4.78 is 2.02. The van der Waals surface area contributed by atoms with Crippen molar-refractivity contribution >= 4 is 34.5 Å². The number of rotatable bonds is 12. The van der Waals surface area contributed by atoms with Crippen molar-refractivity contribution in [3.63, 3.8) is 0 Å². The summed E-state index contributed by atoms with van der Waals surface area (Å²) in [5, 5.41) is 17.0. The fourth-order valence-corrected chi connectivity index (χ4v) is 7.37. The molecule has 3 fully saturated rings. The SMILES string of the molecule is C=CCN1CC(=O)N2C(Cc3ccc(O)cc3)C(=O)N(Cc3cccc4c(C(=O)C5CC5)cn(CC=C)c34)CC2N1C(=O)NCc1ccccc1. The summed E-state index contributed by atoms with van der Waals surface area (Å²) >= 11 is 0. The molecule has 1 aliphatic carbocycles. The highest BCUT2D eigenvalue weighted by molar-refractivity contribution is 6.10. The number of aromatic nitrogens is 1. The number of allylic oxidation sites excluding steroid dienone is 1. The van der Waals surface area contributed by atoms with Crippen molar-refractivity contribution in [1.82, 2.24) is 29.7 Å². The van der Waals surface area contributed by atoms with Crippen molar-refractivity contribution in [2.24, 2.45) is 5.92 Å². The molecule has 4 amide bonds. The highest BCUT2D eigenvalue weighted by atomic mass is 16.3. The molecule has 2 aliphatic heterocycles. The number of piperazine rings is 1. The molecule has 262 valence electrons. The molecule has 0 spiro atoms. The van der Waals surface area contributed by atoms with Crippen LogP contribution in [-0.2, 0) is 35.6 Å². The number of hydrogen-bond acceptors (Lipinski definition) is 6. The largest absolute Gasteiger partial charge is 0.508 e. The van der Waals surface area contributed by atoms with Gasteiger partial charge in [-0.2, -0.15) is 0 Å². The summed E-state index contributed by atoms with van der Waals surface area (Å²) in [5.74, 6) is -0.232. The molecule has 1 saturated carbocycles. The molecule has 7 rings (SSSR count). The lowest BCUT2D eigenvalue weighted by Gasteiger charge is -2.55. The van der Waals surface area contributed by atoms with Gasteiger partial charge in [0, 0.05) is 55.7 Å². The average Bonchev–Trinajstić information content (AvgIpc) is 3.92. The highest BCUT2D eigenvalue weighted by Crippen LogP contribution is 2.37. The van der Waals surface area contributed by atoms with Gasteiger partial charge in [-0.1, -0.05) is 72.8 Å². The fraction of sp³-hybridized carbons (Fsp3) is 0.300. The topological polar surface area (TPSA) is 118 Å². The number of phenolic OH excluding ortho intramolecular Hbond substituents is 1. The minimum absolute atomic E-state index is 0.0492. The maximum atomic E-state index is 14.6. The van der Waals surface area contributed by atoms with Crippen molar-refractivity contribution in [2.75, 3.05) is 19.6 Å². The average molecular weight is 687 g/mol. The number of carbonyl (C=O) groups excluding carboxylic acids is 4. The molecule has 2 saturated heterocycles. The van der Waals surface area contributed by atoms with E-state index in [0.29, 0.717) is 12.1 Å². The zero-order valence-corrected chi connectivity index (χ0v) is 28.5. The van der Waals surface area contributed by atoms with Crippen molar-refractivity contribution in [1.29, 1.82) is 0 Å². The van der Waals surface area contributed by atoms with E-state index < -0.39 is 18.2 Å². The lowest BCUT2D eigenvalue weighted by atomic mass is 9.97. The molecular formula is C40H42N6O5. The molecule has 3 aromatic carbocycles. The van der Waals surface area contributed by atoms with Crippen LogP contribution in [0.4, 0.5) is 4.79 Å². The number of amides is 4. The number of nitrogens with zero attached hydrogens (tertiary/aromatic N) is 5. The molecule has 51 heavy (non-hydrogen) atoms. The number of Topliss-reactive ketones (excluding diaryl/α,β-unsaturated/α-hetero) is 1. The Hall–Kier alpha value is -5.68. The zero-order valence-electron chi connectivity index (χ0n) is 28.5. The van der Waals surface area contributed by atoms with Crippen LogP contribution in [-0.4, -0.2) is 85.0 Å². The molecule has 3 aliphatic rings. The van der Waals surface area contributed by atoms with Gasteiger partial charge in [-0.3, -0.25) is 14.4 Å². The summed E-state index contributed by atoms with van der Waals surface area (Å²) in [6.45, 7) is 8.97. The summed E-state index contributed by atoms with van der Waals surface area (Å²) in [6, 6.07) is 20.7. The van der Waals surface area contributed by atoms with Gasteiger partial charge < -0.3 is 24.8 Å². The maximum Gasteiger partial charge on any atom is 0.334 e. The number of hydrogen-bond donors (Lipinski definition) is 2. The highest BCUT2D eigenvalue weighted by Gasteiger charge is 2.51. The van der Waals surface area contributed by atoms with Gasteiger partial charge in [-0.25, -0.2) is 14.8 Å². The van der Waals surface area contributed by atoms with Crippen LogP contribution in [0.2, 0.25) is 0 Å². The first-order valence-corrected chi connectivity index (χ1v) is 17.4. The molecule has 0 bridgehead atoms. The molecule has 3 heterocycles. The number of nitrogens with one attached hydrogen (secondary N) is 1. The van der Waals surface area contributed by atoms with Gasteiger partial charge in [0.15, 0.2) is 5.78 Å². The van der Waals surface area contributed by atoms with Gasteiger partial charge in [0.1, 0.15) is 18.0 Å². The number of fused-ring (bicyclic) bond motifs is 2. The number of benzene rings is 3. The smallest absolute Gasteiger partial charge is 0.334 e. The number of aromatic hydroxyl groups is 1. The Bertz CT molecular complexity index is 1990. The lowest BCUT2D eigenvalue weighted by molar-refractivity contribution is -0.189. The van der Waals surface area contributed by atoms with Gasteiger partial charge >= 0.3 is 6.03 Å². The molecule has 4 aromatic rings. The van der Waals surface area contributed by atoms with Gasteiger partial charge in [0.25, 0.3) is 0 Å². The molecule has 2 unspecified atom stereocenters.